The normalized spacial score (nSPS) is 15.9. The second-order valence-corrected chi connectivity index (χ2v) is 5.05. The monoisotopic (exact) mass is 327 g/mol. The second-order valence-electron chi connectivity index (χ2n) is 5.05. The number of hydrogen-bond acceptors (Lipinski definition) is 4. The third-order valence-corrected chi connectivity index (χ3v) is 3.56. The highest BCUT2D eigenvalue weighted by atomic mass is 35.5. The number of rotatable bonds is 4. The quantitative estimate of drug-likeness (QED) is 0.866. The molecule has 1 aromatic carbocycles. The van der Waals surface area contributed by atoms with Gasteiger partial charge in [-0.1, -0.05) is 18.2 Å². The summed E-state index contributed by atoms with van der Waals surface area (Å²) in [5, 5.41) is 0. The Morgan fingerprint density at radius 3 is 2.23 bits per heavy atom. The molecule has 0 saturated carbocycles. The summed E-state index contributed by atoms with van der Waals surface area (Å²) in [4.78, 5) is 27.8. The smallest absolute Gasteiger partial charge is 0.253 e. The van der Waals surface area contributed by atoms with Crippen LogP contribution in [0.15, 0.2) is 30.3 Å². The minimum Gasteiger partial charge on any atom is -0.383 e. The van der Waals surface area contributed by atoms with Gasteiger partial charge in [-0.25, -0.2) is 0 Å². The second kappa shape index (κ2) is 8.73. The minimum atomic E-state index is -0.633. The molecule has 0 spiro atoms. The fourth-order valence-corrected chi connectivity index (χ4v) is 2.38. The largest absolute Gasteiger partial charge is 0.383 e. The van der Waals surface area contributed by atoms with Crippen LogP contribution in [0.2, 0.25) is 0 Å². The zero-order chi connectivity index (χ0) is 15.2. The van der Waals surface area contributed by atoms with E-state index in [1.54, 1.807) is 21.9 Å². The summed E-state index contributed by atoms with van der Waals surface area (Å²) in [7, 11) is 1.52. The van der Waals surface area contributed by atoms with Crippen LogP contribution in [0.3, 0.4) is 0 Å². The third kappa shape index (κ3) is 4.43. The number of carbonyl (C=O) groups excluding carboxylic acids is 2. The van der Waals surface area contributed by atoms with Crippen molar-refractivity contribution in [3.05, 3.63) is 35.9 Å². The van der Waals surface area contributed by atoms with Gasteiger partial charge in [0.05, 0.1) is 6.61 Å². The molecular formula is C15H22ClN3O3. The summed E-state index contributed by atoms with van der Waals surface area (Å²) >= 11 is 0. The summed E-state index contributed by atoms with van der Waals surface area (Å²) in [6, 6.07) is 8.53. The van der Waals surface area contributed by atoms with E-state index in [-0.39, 0.29) is 30.8 Å². The van der Waals surface area contributed by atoms with Crippen LogP contribution in [0, 0.1) is 0 Å². The van der Waals surface area contributed by atoms with Crippen LogP contribution in [0.1, 0.15) is 10.4 Å². The molecule has 1 heterocycles. The lowest BCUT2D eigenvalue weighted by atomic mass is 10.1. The fraction of sp³-hybridized carbons (Fsp3) is 0.467. The fourth-order valence-electron chi connectivity index (χ4n) is 2.38. The lowest BCUT2D eigenvalue weighted by Gasteiger charge is -2.35. The molecule has 0 aromatic heterocycles. The van der Waals surface area contributed by atoms with Gasteiger partial charge in [0.25, 0.3) is 5.91 Å². The lowest BCUT2D eigenvalue weighted by molar-refractivity contribution is -0.135. The molecule has 6 nitrogen and oxygen atoms in total. The van der Waals surface area contributed by atoms with E-state index in [2.05, 4.69) is 0 Å². The number of methoxy groups -OCH3 is 1. The van der Waals surface area contributed by atoms with Gasteiger partial charge in [-0.3, -0.25) is 9.59 Å². The Morgan fingerprint density at radius 2 is 1.68 bits per heavy atom. The molecule has 1 fully saturated rings. The number of nitrogens with zero attached hydrogens (tertiary/aromatic N) is 2. The molecule has 122 valence electrons. The standard InChI is InChI=1S/C15H21N3O3.ClH/c1-21-11-13(16)15(20)18-9-7-17(8-10-18)14(19)12-5-3-2-4-6-12;/h2-6,13H,7-11,16H2,1H3;1H. The van der Waals surface area contributed by atoms with E-state index >= 15 is 0 Å². The first kappa shape index (κ1) is 18.4. The number of benzene rings is 1. The van der Waals surface area contributed by atoms with Crippen molar-refractivity contribution in [1.82, 2.24) is 9.80 Å². The van der Waals surface area contributed by atoms with Crippen LogP contribution in [-0.4, -0.2) is 67.6 Å². The van der Waals surface area contributed by atoms with Crippen molar-refractivity contribution < 1.29 is 14.3 Å². The van der Waals surface area contributed by atoms with Crippen molar-refractivity contribution in [3.63, 3.8) is 0 Å². The first-order valence-corrected chi connectivity index (χ1v) is 7.01. The number of halogens is 1. The summed E-state index contributed by atoms with van der Waals surface area (Å²) in [6.45, 7) is 2.28. The summed E-state index contributed by atoms with van der Waals surface area (Å²) < 4.78 is 4.90. The highest BCUT2D eigenvalue weighted by molar-refractivity contribution is 5.94. The van der Waals surface area contributed by atoms with Crippen molar-refractivity contribution in [2.75, 3.05) is 39.9 Å². The summed E-state index contributed by atoms with van der Waals surface area (Å²) in [5.74, 6) is -0.118. The predicted molar refractivity (Wildman–Crippen MR) is 86.0 cm³/mol. The molecule has 2 amide bonds. The third-order valence-electron chi connectivity index (χ3n) is 3.56. The van der Waals surface area contributed by atoms with Gasteiger partial charge in [-0.15, -0.1) is 12.4 Å². The Hall–Kier alpha value is -1.63. The Labute approximate surface area is 136 Å². The maximum Gasteiger partial charge on any atom is 0.253 e. The Morgan fingerprint density at radius 1 is 1.14 bits per heavy atom. The zero-order valence-electron chi connectivity index (χ0n) is 12.6. The van der Waals surface area contributed by atoms with Gasteiger partial charge in [-0.05, 0) is 12.1 Å². The summed E-state index contributed by atoms with van der Waals surface area (Å²) in [6.07, 6.45) is 0. The van der Waals surface area contributed by atoms with Crippen molar-refractivity contribution in [2.24, 2.45) is 5.73 Å². The van der Waals surface area contributed by atoms with Crippen molar-refractivity contribution >= 4 is 24.2 Å². The molecule has 1 aliphatic heterocycles. The van der Waals surface area contributed by atoms with Gasteiger partial charge >= 0.3 is 0 Å². The highest BCUT2D eigenvalue weighted by Gasteiger charge is 2.27. The van der Waals surface area contributed by atoms with Gasteiger partial charge in [0.2, 0.25) is 5.91 Å². The van der Waals surface area contributed by atoms with Crippen LogP contribution < -0.4 is 5.73 Å². The van der Waals surface area contributed by atoms with Gasteiger partial charge in [0.1, 0.15) is 6.04 Å². The van der Waals surface area contributed by atoms with Gasteiger partial charge in [0.15, 0.2) is 0 Å². The van der Waals surface area contributed by atoms with E-state index in [1.165, 1.54) is 7.11 Å². The molecule has 2 rings (SSSR count). The Bertz CT molecular complexity index is 490. The molecule has 0 aliphatic carbocycles. The van der Waals surface area contributed by atoms with Crippen LogP contribution >= 0.6 is 12.4 Å². The van der Waals surface area contributed by atoms with Gasteiger partial charge in [0, 0.05) is 38.9 Å². The van der Waals surface area contributed by atoms with Crippen LogP contribution in [-0.2, 0) is 9.53 Å². The van der Waals surface area contributed by atoms with Gasteiger partial charge in [-0.2, -0.15) is 0 Å². The highest BCUT2D eigenvalue weighted by Crippen LogP contribution is 2.09. The molecule has 0 bridgehead atoms. The molecule has 1 aromatic rings. The van der Waals surface area contributed by atoms with Crippen LogP contribution in [0.25, 0.3) is 0 Å². The number of carbonyl (C=O) groups is 2. The first-order valence-electron chi connectivity index (χ1n) is 7.01. The topological polar surface area (TPSA) is 75.9 Å². The van der Waals surface area contributed by atoms with E-state index in [9.17, 15) is 9.59 Å². The van der Waals surface area contributed by atoms with Gasteiger partial charge < -0.3 is 20.3 Å². The van der Waals surface area contributed by atoms with Crippen molar-refractivity contribution in [2.45, 2.75) is 6.04 Å². The molecule has 1 saturated heterocycles. The summed E-state index contributed by atoms with van der Waals surface area (Å²) in [5.41, 5.74) is 6.42. The minimum absolute atomic E-state index is 0. The molecule has 1 atom stereocenters. The van der Waals surface area contributed by atoms with E-state index in [0.29, 0.717) is 31.7 Å². The molecule has 0 radical (unpaired) electrons. The van der Waals surface area contributed by atoms with E-state index in [1.807, 2.05) is 18.2 Å². The molecule has 22 heavy (non-hydrogen) atoms. The Kier molecular flexibility index (Phi) is 7.31. The maximum absolute atomic E-state index is 12.3. The number of amides is 2. The van der Waals surface area contributed by atoms with E-state index in [4.69, 9.17) is 10.5 Å². The average Bonchev–Trinajstić information content (AvgIpc) is 2.54. The van der Waals surface area contributed by atoms with Crippen molar-refractivity contribution in [1.29, 1.82) is 0 Å². The SMILES string of the molecule is COCC(N)C(=O)N1CCN(C(=O)c2ccccc2)CC1.Cl. The maximum atomic E-state index is 12.3. The Balaban J connectivity index is 0.00000242. The first-order chi connectivity index (χ1) is 10.1. The van der Waals surface area contributed by atoms with Crippen molar-refractivity contribution in [3.8, 4) is 0 Å². The average molecular weight is 328 g/mol. The molecule has 7 heteroatoms. The van der Waals surface area contributed by atoms with Crippen LogP contribution in [0.4, 0.5) is 0 Å². The number of nitrogens with two attached hydrogens (primary N) is 1. The molecule has 1 aliphatic rings. The molecule has 1 unspecified atom stereocenters. The molecular weight excluding hydrogens is 306 g/mol. The number of hydrogen-bond donors (Lipinski definition) is 1. The molecule has 2 N–H and O–H groups in total. The number of ether oxygens (including phenoxy) is 1. The number of piperazine rings is 1. The zero-order valence-corrected chi connectivity index (χ0v) is 13.4. The lowest BCUT2D eigenvalue weighted by Crippen LogP contribution is -2.55. The predicted octanol–water partition coefficient (Wildman–Crippen LogP) is 0.367. The van der Waals surface area contributed by atoms with Crippen LogP contribution in [0.5, 0.6) is 0 Å². The van der Waals surface area contributed by atoms with E-state index in [0.717, 1.165) is 0 Å². The van der Waals surface area contributed by atoms with E-state index < -0.39 is 6.04 Å².